The number of esters is 1. The van der Waals surface area contributed by atoms with Crippen LogP contribution in [0.3, 0.4) is 0 Å². The standard InChI is InChI=1S/C17H18ClNO4/c1-9-14(17(21)22-4)10(2)19-15(9)16(20)11(3)23-13-7-5-12(18)6-8-13/h5-8,11,19H,1-4H3/t11-/m0/s1. The third-order valence-electron chi connectivity index (χ3n) is 3.57. The van der Waals surface area contributed by atoms with Crippen LogP contribution in [0.5, 0.6) is 5.75 Å². The smallest absolute Gasteiger partial charge is 0.339 e. The van der Waals surface area contributed by atoms with E-state index in [2.05, 4.69) is 4.98 Å². The number of aromatic amines is 1. The molecule has 0 radical (unpaired) electrons. The Labute approximate surface area is 139 Å². The lowest BCUT2D eigenvalue weighted by Crippen LogP contribution is -2.25. The number of nitrogens with one attached hydrogen (secondary N) is 1. The average molecular weight is 336 g/mol. The number of aromatic nitrogens is 1. The highest BCUT2D eigenvalue weighted by molar-refractivity contribution is 6.30. The van der Waals surface area contributed by atoms with Gasteiger partial charge in [0.15, 0.2) is 6.10 Å². The molecule has 1 atom stereocenters. The van der Waals surface area contributed by atoms with Crippen LogP contribution in [0, 0.1) is 13.8 Å². The summed E-state index contributed by atoms with van der Waals surface area (Å²) >= 11 is 5.82. The molecule has 6 heteroatoms. The summed E-state index contributed by atoms with van der Waals surface area (Å²) in [5.74, 6) is -0.165. The number of benzene rings is 1. The Kier molecular flexibility index (Phi) is 5.11. The Balaban J connectivity index is 2.23. The first-order valence-electron chi connectivity index (χ1n) is 7.09. The van der Waals surface area contributed by atoms with E-state index in [9.17, 15) is 9.59 Å². The number of carbonyl (C=O) groups excluding carboxylic acids is 2. The van der Waals surface area contributed by atoms with Crippen molar-refractivity contribution in [3.05, 3.63) is 51.8 Å². The minimum atomic E-state index is -0.710. The predicted molar refractivity (Wildman–Crippen MR) is 87.5 cm³/mol. The number of H-pyrrole nitrogens is 1. The zero-order chi connectivity index (χ0) is 17.1. The molecule has 0 aliphatic rings. The molecule has 0 aliphatic carbocycles. The molecular formula is C17H18ClNO4. The van der Waals surface area contributed by atoms with Gasteiger partial charge < -0.3 is 14.5 Å². The first-order valence-corrected chi connectivity index (χ1v) is 7.46. The van der Waals surface area contributed by atoms with Gasteiger partial charge in [-0.2, -0.15) is 0 Å². The Morgan fingerprint density at radius 3 is 2.35 bits per heavy atom. The van der Waals surface area contributed by atoms with Gasteiger partial charge in [0.05, 0.1) is 18.4 Å². The molecule has 0 saturated carbocycles. The molecule has 2 rings (SSSR count). The number of carbonyl (C=O) groups is 2. The third kappa shape index (κ3) is 3.56. The van der Waals surface area contributed by atoms with Gasteiger partial charge in [-0.1, -0.05) is 11.6 Å². The minimum Gasteiger partial charge on any atom is -0.483 e. The monoisotopic (exact) mass is 335 g/mol. The van der Waals surface area contributed by atoms with E-state index < -0.39 is 12.1 Å². The number of aryl methyl sites for hydroxylation is 1. The maximum Gasteiger partial charge on any atom is 0.339 e. The molecule has 0 spiro atoms. The van der Waals surface area contributed by atoms with Crippen LogP contribution in [0.15, 0.2) is 24.3 Å². The van der Waals surface area contributed by atoms with Crippen molar-refractivity contribution >= 4 is 23.4 Å². The molecule has 1 N–H and O–H groups in total. The van der Waals surface area contributed by atoms with Crippen LogP contribution >= 0.6 is 11.6 Å². The number of ketones is 1. The third-order valence-corrected chi connectivity index (χ3v) is 3.82. The molecule has 1 heterocycles. The number of ether oxygens (including phenoxy) is 2. The van der Waals surface area contributed by atoms with Gasteiger partial charge >= 0.3 is 5.97 Å². The van der Waals surface area contributed by atoms with Gasteiger partial charge in [0.1, 0.15) is 5.75 Å². The Morgan fingerprint density at radius 2 is 1.78 bits per heavy atom. The van der Waals surface area contributed by atoms with Crippen molar-refractivity contribution in [2.45, 2.75) is 26.9 Å². The van der Waals surface area contributed by atoms with E-state index in [1.165, 1.54) is 7.11 Å². The molecule has 5 nitrogen and oxygen atoms in total. The maximum atomic E-state index is 12.6. The van der Waals surface area contributed by atoms with Crippen molar-refractivity contribution in [1.82, 2.24) is 4.98 Å². The van der Waals surface area contributed by atoms with E-state index in [0.29, 0.717) is 33.3 Å². The maximum absolute atomic E-state index is 12.6. The van der Waals surface area contributed by atoms with Gasteiger partial charge in [0, 0.05) is 10.7 Å². The van der Waals surface area contributed by atoms with Crippen molar-refractivity contribution in [3.63, 3.8) is 0 Å². The molecule has 1 aromatic heterocycles. The van der Waals surface area contributed by atoms with Gasteiger partial charge in [-0.3, -0.25) is 4.79 Å². The van der Waals surface area contributed by atoms with Crippen LogP contribution in [0.2, 0.25) is 5.02 Å². The van der Waals surface area contributed by atoms with Crippen molar-refractivity contribution in [2.24, 2.45) is 0 Å². The van der Waals surface area contributed by atoms with E-state index in [-0.39, 0.29) is 5.78 Å². The summed E-state index contributed by atoms with van der Waals surface area (Å²) in [4.78, 5) is 27.3. The fraction of sp³-hybridized carbons (Fsp3) is 0.294. The van der Waals surface area contributed by atoms with Crippen LogP contribution < -0.4 is 4.74 Å². The lowest BCUT2D eigenvalue weighted by Gasteiger charge is -2.13. The van der Waals surface area contributed by atoms with Crippen LogP contribution in [0.25, 0.3) is 0 Å². The van der Waals surface area contributed by atoms with Crippen molar-refractivity contribution in [1.29, 1.82) is 0 Å². The first kappa shape index (κ1) is 17.1. The highest BCUT2D eigenvalue weighted by atomic mass is 35.5. The van der Waals surface area contributed by atoms with Gasteiger partial charge in [0.25, 0.3) is 0 Å². The van der Waals surface area contributed by atoms with Crippen LogP contribution in [-0.4, -0.2) is 30.0 Å². The Morgan fingerprint density at radius 1 is 1.17 bits per heavy atom. The van der Waals surface area contributed by atoms with E-state index in [1.807, 2.05) is 0 Å². The molecular weight excluding hydrogens is 318 g/mol. The molecule has 0 saturated heterocycles. The molecule has 2 aromatic rings. The Bertz CT molecular complexity index is 734. The summed E-state index contributed by atoms with van der Waals surface area (Å²) in [6.07, 6.45) is -0.710. The van der Waals surface area contributed by atoms with E-state index >= 15 is 0 Å². The van der Waals surface area contributed by atoms with Crippen LogP contribution in [0.1, 0.15) is 39.0 Å². The number of rotatable bonds is 5. The molecule has 0 bridgehead atoms. The largest absolute Gasteiger partial charge is 0.483 e. The quantitative estimate of drug-likeness (QED) is 0.668. The van der Waals surface area contributed by atoms with Gasteiger partial charge in [-0.25, -0.2) is 4.79 Å². The number of hydrogen-bond acceptors (Lipinski definition) is 4. The normalized spacial score (nSPS) is 11.9. The van der Waals surface area contributed by atoms with Gasteiger partial charge in [-0.15, -0.1) is 0 Å². The predicted octanol–water partition coefficient (Wildman–Crippen LogP) is 3.72. The molecule has 0 fully saturated rings. The molecule has 0 amide bonds. The topological polar surface area (TPSA) is 68.4 Å². The van der Waals surface area contributed by atoms with E-state index in [0.717, 1.165) is 0 Å². The number of Topliss-reactive ketones (excluding diaryl/α,β-unsaturated/α-hetero) is 1. The van der Waals surface area contributed by atoms with Crippen molar-refractivity contribution in [2.75, 3.05) is 7.11 Å². The number of methoxy groups -OCH3 is 1. The zero-order valence-electron chi connectivity index (χ0n) is 13.4. The van der Waals surface area contributed by atoms with E-state index in [1.54, 1.807) is 45.0 Å². The summed E-state index contributed by atoms with van der Waals surface area (Å²) in [7, 11) is 1.31. The average Bonchev–Trinajstić information content (AvgIpc) is 2.82. The highest BCUT2D eigenvalue weighted by Gasteiger charge is 2.26. The lowest BCUT2D eigenvalue weighted by atomic mass is 10.1. The van der Waals surface area contributed by atoms with E-state index in [4.69, 9.17) is 21.1 Å². The lowest BCUT2D eigenvalue weighted by molar-refractivity contribution is 0.0599. The second-order valence-corrected chi connectivity index (χ2v) is 5.63. The fourth-order valence-electron chi connectivity index (χ4n) is 2.38. The molecule has 122 valence electrons. The summed E-state index contributed by atoms with van der Waals surface area (Å²) in [5, 5.41) is 0.592. The molecule has 1 aromatic carbocycles. The number of hydrogen-bond donors (Lipinski definition) is 1. The summed E-state index contributed by atoms with van der Waals surface area (Å²) in [6, 6.07) is 6.76. The summed E-state index contributed by atoms with van der Waals surface area (Å²) < 4.78 is 10.4. The van der Waals surface area contributed by atoms with Crippen molar-refractivity contribution in [3.8, 4) is 5.75 Å². The fourth-order valence-corrected chi connectivity index (χ4v) is 2.50. The molecule has 0 unspecified atom stereocenters. The SMILES string of the molecule is COC(=O)c1c(C)[nH]c(C(=O)[C@H](C)Oc2ccc(Cl)cc2)c1C. The van der Waals surface area contributed by atoms with Crippen molar-refractivity contribution < 1.29 is 19.1 Å². The van der Waals surface area contributed by atoms with Crippen LogP contribution in [-0.2, 0) is 4.74 Å². The first-order chi connectivity index (χ1) is 10.8. The zero-order valence-corrected chi connectivity index (χ0v) is 14.2. The second-order valence-electron chi connectivity index (χ2n) is 5.19. The second kappa shape index (κ2) is 6.87. The Hall–Kier alpha value is -2.27. The summed E-state index contributed by atoms with van der Waals surface area (Å²) in [6.45, 7) is 5.09. The highest BCUT2D eigenvalue weighted by Crippen LogP contribution is 2.22. The molecule has 0 aliphatic heterocycles. The summed E-state index contributed by atoms with van der Waals surface area (Å²) in [5.41, 5.74) is 1.89. The molecule has 23 heavy (non-hydrogen) atoms. The van der Waals surface area contributed by atoms with Gasteiger partial charge in [0.2, 0.25) is 5.78 Å². The number of halogens is 1. The van der Waals surface area contributed by atoms with Crippen LogP contribution in [0.4, 0.5) is 0 Å². The van der Waals surface area contributed by atoms with Gasteiger partial charge in [-0.05, 0) is 50.6 Å². The minimum absolute atomic E-state index is 0.240.